The third-order valence-corrected chi connectivity index (χ3v) is 2.42. The summed E-state index contributed by atoms with van der Waals surface area (Å²) in [5.41, 5.74) is 0. The van der Waals surface area contributed by atoms with Crippen molar-refractivity contribution in [3.8, 4) is 6.07 Å². The van der Waals surface area contributed by atoms with Gasteiger partial charge in [-0.2, -0.15) is 5.26 Å². The van der Waals surface area contributed by atoms with E-state index in [9.17, 15) is 4.79 Å². The van der Waals surface area contributed by atoms with Gasteiger partial charge in [0.05, 0.1) is 12.1 Å². The first-order valence-corrected chi connectivity index (χ1v) is 4.85. The molecule has 1 amide bonds. The number of hydrogen-bond acceptors (Lipinski definition) is 4. The lowest BCUT2D eigenvalue weighted by Crippen LogP contribution is -2.52. The van der Waals surface area contributed by atoms with Gasteiger partial charge < -0.3 is 10.6 Å². The molecule has 5 nitrogen and oxygen atoms in total. The third kappa shape index (κ3) is 2.98. The molecule has 0 bridgehead atoms. The second kappa shape index (κ2) is 5.58. The molecule has 14 heavy (non-hydrogen) atoms. The van der Waals surface area contributed by atoms with Crippen molar-refractivity contribution in [3.05, 3.63) is 0 Å². The van der Waals surface area contributed by atoms with Crippen LogP contribution in [0.25, 0.3) is 0 Å². The highest BCUT2D eigenvalue weighted by molar-refractivity contribution is 5.81. The van der Waals surface area contributed by atoms with E-state index in [4.69, 9.17) is 5.26 Å². The Morgan fingerprint density at radius 2 is 2.29 bits per heavy atom. The molecule has 1 rings (SSSR count). The van der Waals surface area contributed by atoms with Gasteiger partial charge in [-0.25, -0.2) is 0 Å². The van der Waals surface area contributed by atoms with Crippen LogP contribution in [-0.4, -0.2) is 49.6 Å². The number of piperazine rings is 1. The molecule has 2 N–H and O–H groups in total. The summed E-state index contributed by atoms with van der Waals surface area (Å²) in [5.74, 6) is -0.0616. The van der Waals surface area contributed by atoms with Crippen LogP contribution in [0.3, 0.4) is 0 Å². The molecule has 5 heteroatoms. The van der Waals surface area contributed by atoms with Crippen LogP contribution in [0.2, 0.25) is 0 Å². The summed E-state index contributed by atoms with van der Waals surface area (Å²) in [4.78, 5) is 13.6. The number of amides is 1. The Kier molecular flexibility index (Phi) is 4.36. The van der Waals surface area contributed by atoms with Crippen LogP contribution in [0.5, 0.6) is 0 Å². The fraction of sp³-hybridized carbons (Fsp3) is 0.778. The topological polar surface area (TPSA) is 68.2 Å². The highest BCUT2D eigenvalue weighted by Gasteiger charge is 2.21. The minimum atomic E-state index is -0.134. The molecule has 0 aromatic heterocycles. The van der Waals surface area contributed by atoms with Crippen molar-refractivity contribution in [2.24, 2.45) is 0 Å². The molecule has 0 aliphatic carbocycles. The molecule has 1 saturated heterocycles. The van der Waals surface area contributed by atoms with E-state index in [-0.39, 0.29) is 18.5 Å². The zero-order valence-electron chi connectivity index (χ0n) is 8.42. The van der Waals surface area contributed by atoms with Gasteiger partial charge >= 0.3 is 0 Å². The lowest BCUT2D eigenvalue weighted by Gasteiger charge is -2.31. The second-order valence-corrected chi connectivity index (χ2v) is 3.34. The largest absolute Gasteiger partial charge is 0.342 e. The molecule has 1 unspecified atom stereocenters. The first-order chi connectivity index (χ1) is 6.75. The second-order valence-electron chi connectivity index (χ2n) is 3.34. The highest BCUT2D eigenvalue weighted by atomic mass is 16.2. The van der Waals surface area contributed by atoms with Gasteiger partial charge in [0.2, 0.25) is 5.91 Å². The summed E-state index contributed by atoms with van der Waals surface area (Å²) >= 11 is 0. The van der Waals surface area contributed by atoms with Crippen LogP contribution >= 0.6 is 0 Å². The first-order valence-electron chi connectivity index (χ1n) is 4.85. The zero-order chi connectivity index (χ0) is 10.4. The summed E-state index contributed by atoms with van der Waals surface area (Å²) in [5, 5.41) is 14.1. The van der Waals surface area contributed by atoms with Crippen molar-refractivity contribution in [2.75, 3.05) is 32.7 Å². The number of carbonyl (C=O) groups excluding carboxylic acids is 1. The van der Waals surface area contributed by atoms with Crippen molar-refractivity contribution >= 4 is 5.91 Å². The summed E-state index contributed by atoms with van der Waals surface area (Å²) in [6, 6.07) is 1.76. The fourth-order valence-electron chi connectivity index (χ4n) is 1.51. The van der Waals surface area contributed by atoms with E-state index in [0.717, 1.165) is 26.2 Å². The average Bonchev–Trinajstić information content (AvgIpc) is 2.26. The van der Waals surface area contributed by atoms with Crippen molar-refractivity contribution in [1.29, 1.82) is 5.26 Å². The predicted octanol–water partition coefficient (Wildman–Crippen LogP) is -1.08. The lowest BCUT2D eigenvalue weighted by atomic mass is 10.2. The van der Waals surface area contributed by atoms with E-state index in [2.05, 4.69) is 15.5 Å². The van der Waals surface area contributed by atoms with E-state index in [0.29, 0.717) is 0 Å². The Balaban J connectivity index is 2.35. The first kappa shape index (κ1) is 11.0. The molecule has 0 radical (unpaired) electrons. The molecule has 0 saturated carbocycles. The summed E-state index contributed by atoms with van der Waals surface area (Å²) < 4.78 is 0. The SMILES string of the molecule is CC(C(=O)NCC#N)N1CCNCC1. The summed E-state index contributed by atoms with van der Waals surface area (Å²) in [7, 11) is 0. The van der Waals surface area contributed by atoms with Crippen LogP contribution < -0.4 is 10.6 Å². The maximum absolute atomic E-state index is 11.5. The third-order valence-electron chi connectivity index (χ3n) is 2.42. The van der Waals surface area contributed by atoms with E-state index in [1.165, 1.54) is 0 Å². The van der Waals surface area contributed by atoms with Gasteiger partial charge in [0.1, 0.15) is 6.54 Å². The summed E-state index contributed by atoms with van der Waals surface area (Å²) in [6.07, 6.45) is 0. The molecule has 1 aliphatic heterocycles. The molecule has 1 atom stereocenters. The smallest absolute Gasteiger partial charge is 0.237 e. The maximum Gasteiger partial charge on any atom is 0.237 e. The molecule has 1 fully saturated rings. The molecule has 1 aliphatic rings. The van der Waals surface area contributed by atoms with Crippen molar-refractivity contribution in [2.45, 2.75) is 13.0 Å². The predicted molar refractivity (Wildman–Crippen MR) is 52.5 cm³/mol. The molecular weight excluding hydrogens is 180 g/mol. The number of nitrogens with zero attached hydrogens (tertiary/aromatic N) is 2. The van der Waals surface area contributed by atoms with E-state index in [1.54, 1.807) is 0 Å². The average molecular weight is 196 g/mol. The Morgan fingerprint density at radius 1 is 1.64 bits per heavy atom. The molecule has 0 aromatic rings. The Labute approximate surface area is 84.1 Å². The lowest BCUT2D eigenvalue weighted by molar-refractivity contribution is -0.125. The minimum Gasteiger partial charge on any atom is -0.342 e. The fourth-order valence-corrected chi connectivity index (χ4v) is 1.51. The molecule has 0 aromatic carbocycles. The van der Waals surface area contributed by atoms with E-state index in [1.807, 2.05) is 13.0 Å². The Bertz CT molecular complexity index is 229. The number of nitrogens with one attached hydrogen (secondary N) is 2. The number of hydrogen-bond donors (Lipinski definition) is 2. The van der Waals surface area contributed by atoms with Crippen molar-refractivity contribution < 1.29 is 4.79 Å². The number of carbonyl (C=O) groups is 1. The zero-order valence-corrected chi connectivity index (χ0v) is 8.42. The van der Waals surface area contributed by atoms with Gasteiger partial charge in [-0.1, -0.05) is 0 Å². The molecule has 78 valence electrons. The monoisotopic (exact) mass is 196 g/mol. The standard InChI is InChI=1S/C9H16N4O/c1-8(9(14)12-3-2-10)13-6-4-11-5-7-13/h8,11H,3-7H2,1H3,(H,12,14). The van der Waals surface area contributed by atoms with Gasteiger partial charge in [0, 0.05) is 26.2 Å². The van der Waals surface area contributed by atoms with Crippen LogP contribution in [0.15, 0.2) is 0 Å². The van der Waals surface area contributed by atoms with E-state index < -0.39 is 0 Å². The van der Waals surface area contributed by atoms with E-state index >= 15 is 0 Å². The number of nitriles is 1. The highest BCUT2D eigenvalue weighted by Crippen LogP contribution is 2.00. The minimum absolute atomic E-state index is 0.0616. The van der Waals surface area contributed by atoms with Crippen LogP contribution in [0, 0.1) is 11.3 Å². The normalized spacial score (nSPS) is 19.7. The van der Waals surface area contributed by atoms with Crippen LogP contribution in [0.4, 0.5) is 0 Å². The van der Waals surface area contributed by atoms with Crippen LogP contribution in [0.1, 0.15) is 6.92 Å². The molecular formula is C9H16N4O. The van der Waals surface area contributed by atoms with Gasteiger partial charge in [-0.15, -0.1) is 0 Å². The maximum atomic E-state index is 11.5. The van der Waals surface area contributed by atoms with Gasteiger partial charge in [-0.3, -0.25) is 9.69 Å². The quantitative estimate of drug-likeness (QED) is 0.563. The van der Waals surface area contributed by atoms with Gasteiger partial charge in [-0.05, 0) is 6.92 Å². The van der Waals surface area contributed by atoms with Crippen molar-refractivity contribution in [1.82, 2.24) is 15.5 Å². The van der Waals surface area contributed by atoms with Crippen molar-refractivity contribution in [3.63, 3.8) is 0 Å². The van der Waals surface area contributed by atoms with Gasteiger partial charge in [0.25, 0.3) is 0 Å². The Hall–Kier alpha value is -1.12. The molecule has 0 spiro atoms. The summed E-state index contributed by atoms with van der Waals surface area (Å²) in [6.45, 7) is 5.60. The van der Waals surface area contributed by atoms with Gasteiger partial charge in [0.15, 0.2) is 0 Å². The molecule has 1 heterocycles. The van der Waals surface area contributed by atoms with Crippen LogP contribution in [-0.2, 0) is 4.79 Å². The Morgan fingerprint density at radius 3 is 2.86 bits per heavy atom. The number of rotatable bonds is 3.